The van der Waals surface area contributed by atoms with Crippen LogP contribution in [0.15, 0.2) is 24.3 Å². The number of aromatic carboxylic acids is 1. The van der Waals surface area contributed by atoms with Gasteiger partial charge < -0.3 is 15.2 Å². The minimum atomic E-state index is -1.18. The molecule has 130 valence electrons. The zero-order valence-electron chi connectivity index (χ0n) is 13.6. The van der Waals surface area contributed by atoms with E-state index in [1.165, 1.54) is 30.6 Å². The number of aryl methyl sites for hydroxylation is 1. The maximum Gasteiger partial charge on any atom is 0.341 e. The van der Waals surface area contributed by atoms with E-state index < -0.39 is 17.8 Å². The molecule has 1 aromatic carbocycles. The molecule has 3 rings (SSSR count). The number of ether oxygens (including phenoxy) is 1. The fraction of sp³-hybridized carbons (Fsp3) is 0.278. The first-order valence-electron chi connectivity index (χ1n) is 7.89. The lowest BCUT2D eigenvalue weighted by molar-refractivity contribution is 0.0600. The summed E-state index contributed by atoms with van der Waals surface area (Å²) in [7, 11) is 1.31. The molecular formula is C18H17NO5S. The highest BCUT2D eigenvalue weighted by atomic mass is 32.1. The van der Waals surface area contributed by atoms with Gasteiger partial charge in [-0.25, -0.2) is 9.59 Å². The van der Waals surface area contributed by atoms with Crippen LogP contribution in [-0.2, 0) is 17.6 Å². The number of fused-ring (bicyclic) bond motifs is 1. The number of carbonyl (C=O) groups excluding carboxylic acids is 2. The van der Waals surface area contributed by atoms with E-state index in [1.54, 1.807) is 12.1 Å². The predicted octanol–water partition coefficient (Wildman–Crippen LogP) is 3.36. The zero-order chi connectivity index (χ0) is 18.0. The lowest BCUT2D eigenvalue weighted by Crippen LogP contribution is -2.18. The Balaban J connectivity index is 1.98. The van der Waals surface area contributed by atoms with E-state index in [2.05, 4.69) is 5.32 Å². The number of carboxylic acids is 1. The molecule has 1 aromatic heterocycles. The molecule has 1 aliphatic rings. The number of hydrogen-bond donors (Lipinski definition) is 2. The van der Waals surface area contributed by atoms with Gasteiger partial charge in [0.2, 0.25) is 0 Å². The summed E-state index contributed by atoms with van der Waals surface area (Å²) in [5.41, 5.74) is 1.30. The number of hydrogen-bond acceptors (Lipinski definition) is 5. The van der Waals surface area contributed by atoms with E-state index in [0.717, 1.165) is 36.1 Å². The molecule has 6 nitrogen and oxygen atoms in total. The number of esters is 1. The van der Waals surface area contributed by atoms with Crippen LogP contribution in [0.4, 0.5) is 5.00 Å². The van der Waals surface area contributed by atoms with Crippen LogP contribution in [0.3, 0.4) is 0 Å². The van der Waals surface area contributed by atoms with Gasteiger partial charge in [-0.15, -0.1) is 11.3 Å². The molecule has 0 saturated carbocycles. The molecule has 2 N–H and O–H groups in total. The average molecular weight is 359 g/mol. The highest BCUT2D eigenvalue weighted by molar-refractivity contribution is 7.17. The van der Waals surface area contributed by atoms with Gasteiger partial charge in [-0.3, -0.25) is 4.79 Å². The number of rotatable bonds is 4. The predicted molar refractivity (Wildman–Crippen MR) is 93.7 cm³/mol. The summed E-state index contributed by atoms with van der Waals surface area (Å²) in [4.78, 5) is 37.2. The molecular weight excluding hydrogens is 342 g/mol. The Morgan fingerprint density at radius 1 is 1.12 bits per heavy atom. The molecule has 1 aliphatic carbocycles. The van der Waals surface area contributed by atoms with Crippen LogP contribution >= 0.6 is 11.3 Å². The topological polar surface area (TPSA) is 92.7 Å². The Hall–Kier alpha value is -2.67. The van der Waals surface area contributed by atoms with Crippen molar-refractivity contribution in [2.24, 2.45) is 0 Å². The maximum atomic E-state index is 12.6. The lowest BCUT2D eigenvalue weighted by Gasteiger charge is -2.12. The summed E-state index contributed by atoms with van der Waals surface area (Å²) < 4.78 is 4.87. The molecule has 2 aromatic rings. The fourth-order valence-corrected chi connectivity index (χ4v) is 4.28. The first-order chi connectivity index (χ1) is 12.0. The molecule has 1 amide bonds. The molecule has 0 atom stereocenters. The number of methoxy groups -OCH3 is 1. The van der Waals surface area contributed by atoms with Gasteiger partial charge in [-0.05, 0) is 43.4 Å². The number of carboxylic acid groups (broad SMARTS) is 1. The minimum absolute atomic E-state index is 0.0530. The minimum Gasteiger partial charge on any atom is -0.478 e. The second-order valence-electron chi connectivity index (χ2n) is 5.71. The normalized spacial score (nSPS) is 13.0. The Morgan fingerprint density at radius 3 is 2.48 bits per heavy atom. The van der Waals surface area contributed by atoms with Crippen LogP contribution in [0.2, 0.25) is 0 Å². The van der Waals surface area contributed by atoms with Gasteiger partial charge in [0, 0.05) is 4.88 Å². The van der Waals surface area contributed by atoms with E-state index in [1.807, 2.05) is 0 Å². The highest BCUT2D eigenvalue weighted by Gasteiger charge is 2.27. The molecule has 0 bridgehead atoms. The summed E-state index contributed by atoms with van der Waals surface area (Å²) >= 11 is 1.36. The van der Waals surface area contributed by atoms with Crippen molar-refractivity contribution < 1.29 is 24.2 Å². The van der Waals surface area contributed by atoms with Gasteiger partial charge in [-0.1, -0.05) is 12.1 Å². The number of thiophene rings is 1. The first kappa shape index (κ1) is 17.2. The monoisotopic (exact) mass is 359 g/mol. The van der Waals surface area contributed by atoms with Gasteiger partial charge >= 0.3 is 11.9 Å². The van der Waals surface area contributed by atoms with Crippen LogP contribution < -0.4 is 5.32 Å². The third-order valence-corrected chi connectivity index (χ3v) is 5.40. The Labute approximate surface area is 148 Å². The Kier molecular flexibility index (Phi) is 4.85. The third-order valence-electron chi connectivity index (χ3n) is 4.19. The second-order valence-corrected chi connectivity index (χ2v) is 6.82. The van der Waals surface area contributed by atoms with Crippen molar-refractivity contribution in [2.45, 2.75) is 25.7 Å². The van der Waals surface area contributed by atoms with Crippen molar-refractivity contribution in [1.29, 1.82) is 0 Å². The molecule has 0 radical (unpaired) electrons. The Bertz CT molecular complexity index is 855. The molecule has 0 saturated heterocycles. The van der Waals surface area contributed by atoms with Crippen LogP contribution in [-0.4, -0.2) is 30.1 Å². The summed E-state index contributed by atoms with van der Waals surface area (Å²) in [6.45, 7) is 0. The van der Waals surface area contributed by atoms with Gasteiger partial charge in [0.25, 0.3) is 5.91 Å². The molecule has 1 heterocycles. The number of anilines is 1. The first-order valence-corrected chi connectivity index (χ1v) is 8.71. The van der Waals surface area contributed by atoms with Gasteiger partial charge in [0.05, 0.1) is 23.8 Å². The maximum absolute atomic E-state index is 12.6. The fourth-order valence-electron chi connectivity index (χ4n) is 3.01. The van der Waals surface area contributed by atoms with Gasteiger partial charge in [0.1, 0.15) is 5.00 Å². The second kappa shape index (κ2) is 7.06. The van der Waals surface area contributed by atoms with Crippen molar-refractivity contribution in [1.82, 2.24) is 0 Å². The standard InChI is InChI=1S/C18H17NO5S/c1-24-18(23)14-12-8-4-5-9-13(12)25-16(14)19-15(20)10-6-2-3-7-11(10)17(21)22/h2-3,6-7H,4-5,8-9H2,1H3,(H,19,20)(H,21,22). The number of benzene rings is 1. The van der Waals surface area contributed by atoms with Gasteiger partial charge in [-0.2, -0.15) is 0 Å². The molecule has 25 heavy (non-hydrogen) atoms. The zero-order valence-corrected chi connectivity index (χ0v) is 14.4. The van der Waals surface area contributed by atoms with E-state index in [9.17, 15) is 19.5 Å². The summed E-state index contributed by atoms with van der Waals surface area (Å²) in [6, 6.07) is 5.98. The van der Waals surface area contributed by atoms with Crippen LogP contribution in [0.1, 0.15) is 54.4 Å². The molecule has 0 fully saturated rings. The van der Waals surface area contributed by atoms with Crippen molar-refractivity contribution >= 4 is 34.2 Å². The average Bonchev–Trinajstić information content (AvgIpc) is 2.98. The summed E-state index contributed by atoms with van der Waals surface area (Å²) in [5, 5.41) is 12.4. The molecule has 7 heteroatoms. The number of nitrogens with one attached hydrogen (secondary N) is 1. The largest absolute Gasteiger partial charge is 0.478 e. The lowest BCUT2D eigenvalue weighted by atomic mass is 9.95. The van der Waals surface area contributed by atoms with Crippen LogP contribution in [0.5, 0.6) is 0 Å². The molecule has 0 aliphatic heterocycles. The van der Waals surface area contributed by atoms with Crippen LogP contribution in [0, 0.1) is 0 Å². The third kappa shape index (κ3) is 3.28. The summed E-state index contributed by atoms with van der Waals surface area (Å²) in [6.07, 6.45) is 3.68. The van der Waals surface area contributed by atoms with E-state index in [4.69, 9.17) is 4.74 Å². The van der Waals surface area contributed by atoms with Crippen molar-refractivity contribution in [2.75, 3.05) is 12.4 Å². The van der Waals surface area contributed by atoms with E-state index in [-0.39, 0.29) is 11.1 Å². The van der Waals surface area contributed by atoms with Crippen LogP contribution in [0.25, 0.3) is 0 Å². The SMILES string of the molecule is COC(=O)c1c(NC(=O)c2ccccc2C(=O)O)sc2c1CCCC2. The quantitative estimate of drug-likeness (QED) is 0.817. The summed E-state index contributed by atoms with van der Waals surface area (Å²) in [5.74, 6) is -2.22. The molecule has 0 spiro atoms. The van der Waals surface area contributed by atoms with Gasteiger partial charge in [0.15, 0.2) is 0 Å². The van der Waals surface area contributed by atoms with Crippen molar-refractivity contribution in [3.8, 4) is 0 Å². The number of carbonyl (C=O) groups is 3. The van der Waals surface area contributed by atoms with E-state index in [0.29, 0.717) is 10.6 Å². The highest BCUT2D eigenvalue weighted by Crippen LogP contribution is 2.38. The Morgan fingerprint density at radius 2 is 1.80 bits per heavy atom. The number of amides is 1. The van der Waals surface area contributed by atoms with Crippen molar-refractivity contribution in [3.63, 3.8) is 0 Å². The van der Waals surface area contributed by atoms with E-state index >= 15 is 0 Å². The molecule has 0 unspecified atom stereocenters. The smallest absolute Gasteiger partial charge is 0.341 e. The van der Waals surface area contributed by atoms with Crippen molar-refractivity contribution in [3.05, 3.63) is 51.4 Å².